The van der Waals surface area contributed by atoms with E-state index < -0.39 is 0 Å². The fraction of sp³-hybridized carbons (Fsp3) is 0.500. The van der Waals surface area contributed by atoms with Gasteiger partial charge in [0, 0.05) is 24.4 Å². The summed E-state index contributed by atoms with van der Waals surface area (Å²) in [6.07, 6.45) is 2.15. The Morgan fingerprint density at radius 2 is 1.90 bits per heavy atom. The summed E-state index contributed by atoms with van der Waals surface area (Å²) >= 11 is 1.49. The van der Waals surface area contributed by atoms with E-state index in [0.717, 1.165) is 36.5 Å². The largest absolute Gasteiger partial charge is 0.343 e. The van der Waals surface area contributed by atoms with Gasteiger partial charge in [-0.15, -0.1) is 11.8 Å². The number of nitrogens with zero attached hydrogens (tertiary/aromatic N) is 1. The van der Waals surface area contributed by atoms with Crippen LogP contribution in [0.4, 0.5) is 5.69 Å². The monoisotopic (exact) mass is 306 g/mol. The van der Waals surface area contributed by atoms with Crippen LogP contribution in [0.3, 0.4) is 0 Å². The zero-order valence-electron chi connectivity index (χ0n) is 12.6. The van der Waals surface area contributed by atoms with Crippen LogP contribution in [-0.2, 0) is 9.59 Å². The number of para-hydroxylation sites is 1. The first-order valence-corrected chi connectivity index (χ1v) is 8.38. The predicted molar refractivity (Wildman–Crippen MR) is 86.5 cm³/mol. The highest BCUT2D eigenvalue weighted by molar-refractivity contribution is 8.01. The molecule has 0 spiro atoms. The van der Waals surface area contributed by atoms with Gasteiger partial charge in [-0.3, -0.25) is 9.59 Å². The van der Waals surface area contributed by atoms with Crippen molar-refractivity contribution in [2.75, 3.05) is 18.4 Å². The fourth-order valence-electron chi connectivity index (χ4n) is 2.42. The van der Waals surface area contributed by atoms with Crippen LogP contribution in [0.15, 0.2) is 29.2 Å². The molecule has 1 N–H and O–H groups in total. The van der Waals surface area contributed by atoms with Gasteiger partial charge in [-0.05, 0) is 25.0 Å². The molecule has 1 aromatic rings. The molecule has 1 heterocycles. The molecule has 5 heteroatoms. The van der Waals surface area contributed by atoms with Crippen LogP contribution in [0, 0.1) is 0 Å². The van der Waals surface area contributed by atoms with Crippen molar-refractivity contribution in [2.45, 2.75) is 43.3 Å². The second-order valence-corrected chi connectivity index (χ2v) is 6.42. The molecule has 1 atom stereocenters. The predicted octanol–water partition coefficient (Wildman–Crippen LogP) is 3.14. The molecule has 0 radical (unpaired) electrons. The first kappa shape index (κ1) is 15.9. The van der Waals surface area contributed by atoms with Crippen LogP contribution >= 0.6 is 11.8 Å². The third-order valence-corrected chi connectivity index (χ3v) is 4.68. The van der Waals surface area contributed by atoms with Gasteiger partial charge in [0.1, 0.15) is 0 Å². The lowest BCUT2D eigenvalue weighted by Gasteiger charge is -2.27. The SMILES string of the molecule is CCCN(CCC)C(=O)CC1Sc2ccccc2NC1=O. The summed E-state index contributed by atoms with van der Waals surface area (Å²) < 4.78 is 0. The van der Waals surface area contributed by atoms with Crippen molar-refractivity contribution >= 4 is 29.3 Å². The maximum absolute atomic E-state index is 12.4. The van der Waals surface area contributed by atoms with Gasteiger partial charge in [0.2, 0.25) is 11.8 Å². The topological polar surface area (TPSA) is 49.4 Å². The van der Waals surface area contributed by atoms with E-state index in [-0.39, 0.29) is 23.5 Å². The van der Waals surface area contributed by atoms with Crippen LogP contribution in [0.2, 0.25) is 0 Å². The second-order valence-electron chi connectivity index (χ2n) is 5.18. The number of amides is 2. The quantitative estimate of drug-likeness (QED) is 0.878. The molecule has 0 fully saturated rings. The number of thioether (sulfide) groups is 1. The number of carbonyl (C=O) groups is 2. The van der Waals surface area contributed by atoms with Gasteiger partial charge in [0.15, 0.2) is 0 Å². The molecule has 0 aromatic heterocycles. The smallest absolute Gasteiger partial charge is 0.238 e. The maximum atomic E-state index is 12.4. The number of rotatable bonds is 6. The van der Waals surface area contributed by atoms with Gasteiger partial charge in [0.05, 0.1) is 10.9 Å². The second kappa shape index (κ2) is 7.50. The summed E-state index contributed by atoms with van der Waals surface area (Å²) in [5, 5.41) is 2.56. The average molecular weight is 306 g/mol. The third kappa shape index (κ3) is 4.00. The van der Waals surface area contributed by atoms with Gasteiger partial charge < -0.3 is 10.2 Å². The van der Waals surface area contributed by atoms with Crippen molar-refractivity contribution in [1.29, 1.82) is 0 Å². The van der Waals surface area contributed by atoms with Crippen LogP contribution < -0.4 is 5.32 Å². The van der Waals surface area contributed by atoms with Crippen molar-refractivity contribution in [1.82, 2.24) is 4.90 Å². The summed E-state index contributed by atoms with van der Waals surface area (Å²) in [6, 6.07) is 7.71. The van der Waals surface area contributed by atoms with Gasteiger partial charge in [-0.2, -0.15) is 0 Å². The highest BCUT2D eigenvalue weighted by Gasteiger charge is 2.30. The van der Waals surface area contributed by atoms with E-state index in [9.17, 15) is 9.59 Å². The molecule has 0 bridgehead atoms. The molecule has 1 aliphatic heterocycles. The molecule has 1 aliphatic rings. The van der Waals surface area contributed by atoms with Crippen molar-refractivity contribution in [3.05, 3.63) is 24.3 Å². The van der Waals surface area contributed by atoms with Crippen LogP contribution in [0.1, 0.15) is 33.1 Å². The number of fused-ring (bicyclic) bond motifs is 1. The Bertz CT molecular complexity index is 513. The molecule has 0 aliphatic carbocycles. The molecule has 114 valence electrons. The third-order valence-electron chi connectivity index (χ3n) is 3.41. The molecule has 1 unspecified atom stereocenters. The lowest BCUT2D eigenvalue weighted by atomic mass is 10.2. The van der Waals surface area contributed by atoms with Gasteiger partial charge in [-0.25, -0.2) is 0 Å². The van der Waals surface area contributed by atoms with Crippen molar-refractivity contribution in [3.8, 4) is 0 Å². The standard InChI is InChI=1S/C16H22N2O2S/c1-3-9-18(10-4-2)15(19)11-14-16(20)17-12-7-5-6-8-13(12)21-14/h5-8,14H,3-4,9-11H2,1-2H3,(H,17,20). The molecule has 4 nitrogen and oxygen atoms in total. The van der Waals surface area contributed by atoms with Gasteiger partial charge in [0.25, 0.3) is 0 Å². The molecular formula is C16H22N2O2S. The van der Waals surface area contributed by atoms with Crippen molar-refractivity contribution in [2.24, 2.45) is 0 Å². The number of anilines is 1. The first-order valence-electron chi connectivity index (χ1n) is 7.50. The minimum Gasteiger partial charge on any atom is -0.343 e. The highest BCUT2D eigenvalue weighted by Crippen LogP contribution is 2.36. The Morgan fingerprint density at radius 1 is 1.24 bits per heavy atom. The number of nitrogens with one attached hydrogen (secondary N) is 1. The lowest BCUT2D eigenvalue weighted by molar-refractivity contribution is -0.132. The lowest BCUT2D eigenvalue weighted by Crippen LogP contribution is -2.38. The zero-order valence-corrected chi connectivity index (χ0v) is 13.4. The Balaban J connectivity index is 2.02. The molecule has 21 heavy (non-hydrogen) atoms. The van der Waals surface area contributed by atoms with E-state index in [1.807, 2.05) is 29.2 Å². The normalized spacial score (nSPS) is 17.0. The summed E-state index contributed by atoms with van der Waals surface area (Å²) in [7, 11) is 0. The summed E-state index contributed by atoms with van der Waals surface area (Å²) in [5.74, 6) is 0.00530. The minimum absolute atomic E-state index is 0.0694. The van der Waals surface area contributed by atoms with Gasteiger partial charge in [-0.1, -0.05) is 26.0 Å². The number of carbonyl (C=O) groups excluding carboxylic acids is 2. The number of hydrogen-bond donors (Lipinski definition) is 1. The summed E-state index contributed by atoms with van der Waals surface area (Å²) in [4.78, 5) is 27.4. The Kier molecular flexibility index (Phi) is 5.67. The van der Waals surface area contributed by atoms with Crippen molar-refractivity contribution < 1.29 is 9.59 Å². The van der Waals surface area contributed by atoms with E-state index >= 15 is 0 Å². The zero-order chi connectivity index (χ0) is 15.2. The fourth-order valence-corrected chi connectivity index (χ4v) is 3.52. The highest BCUT2D eigenvalue weighted by atomic mass is 32.2. The molecule has 0 saturated carbocycles. The first-order chi connectivity index (χ1) is 10.2. The molecule has 1 aromatic carbocycles. The van der Waals surface area contributed by atoms with Crippen LogP contribution in [0.25, 0.3) is 0 Å². The van der Waals surface area contributed by atoms with E-state index in [1.54, 1.807) is 0 Å². The molecule has 2 amide bonds. The van der Waals surface area contributed by atoms with E-state index in [2.05, 4.69) is 19.2 Å². The Hall–Kier alpha value is -1.49. The summed E-state index contributed by atoms with van der Waals surface area (Å²) in [6.45, 7) is 5.66. The van der Waals surface area contributed by atoms with Gasteiger partial charge >= 0.3 is 0 Å². The Labute approximate surface area is 130 Å². The number of benzene rings is 1. The molecule has 2 rings (SSSR count). The molecular weight excluding hydrogens is 284 g/mol. The average Bonchev–Trinajstić information content (AvgIpc) is 2.47. The van der Waals surface area contributed by atoms with E-state index in [1.165, 1.54) is 11.8 Å². The van der Waals surface area contributed by atoms with E-state index in [0.29, 0.717) is 0 Å². The number of hydrogen-bond acceptors (Lipinski definition) is 3. The Morgan fingerprint density at radius 3 is 2.57 bits per heavy atom. The molecule has 0 saturated heterocycles. The summed E-state index contributed by atoms with van der Waals surface area (Å²) in [5.41, 5.74) is 0.843. The van der Waals surface area contributed by atoms with Crippen LogP contribution in [0.5, 0.6) is 0 Å². The minimum atomic E-state index is -0.330. The maximum Gasteiger partial charge on any atom is 0.238 e. The van der Waals surface area contributed by atoms with E-state index in [4.69, 9.17) is 0 Å². The van der Waals surface area contributed by atoms with Crippen LogP contribution in [-0.4, -0.2) is 35.1 Å². The van der Waals surface area contributed by atoms with Crippen molar-refractivity contribution in [3.63, 3.8) is 0 Å².